The molecule has 18 heavy (non-hydrogen) atoms. The van der Waals surface area contributed by atoms with Gasteiger partial charge in [0.15, 0.2) is 0 Å². The highest BCUT2D eigenvalue weighted by Crippen LogP contribution is 2.35. The molecule has 3 rings (SSSR count). The largest absolute Gasteiger partial charge is 0.386 e. The summed E-state index contributed by atoms with van der Waals surface area (Å²) in [5.74, 6) is 0. The molecule has 1 aromatic heterocycles. The molecule has 0 spiro atoms. The number of rotatable bonds is 1. The Hall–Kier alpha value is -1.06. The topological polar surface area (TPSA) is 21.3 Å². The van der Waals surface area contributed by atoms with E-state index in [1.165, 1.54) is 21.7 Å². The number of allylic oxidation sites excluding steroid dienone is 2. The van der Waals surface area contributed by atoms with Gasteiger partial charge in [-0.1, -0.05) is 11.6 Å². The van der Waals surface area contributed by atoms with E-state index in [-0.39, 0.29) is 6.10 Å². The van der Waals surface area contributed by atoms with Crippen LogP contribution in [0.25, 0.3) is 0 Å². The molecule has 0 bridgehead atoms. The van der Waals surface area contributed by atoms with Crippen molar-refractivity contribution in [3.63, 3.8) is 0 Å². The third kappa shape index (κ3) is 2.38. The maximum Gasteiger partial charge on any atom is 0.131 e. The first kappa shape index (κ1) is 12.0. The summed E-state index contributed by atoms with van der Waals surface area (Å²) < 4.78 is 6.08. The van der Waals surface area contributed by atoms with Crippen LogP contribution in [-0.2, 0) is 11.2 Å². The Bertz CT molecular complexity index is 486. The van der Waals surface area contributed by atoms with Gasteiger partial charge >= 0.3 is 0 Å². The van der Waals surface area contributed by atoms with E-state index in [9.17, 15) is 0 Å². The van der Waals surface area contributed by atoms with Crippen molar-refractivity contribution in [2.45, 2.75) is 32.3 Å². The molecule has 3 heteroatoms. The molecular weight excluding hydrogens is 242 g/mol. The van der Waals surface area contributed by atoms with E-state index in [1.807, 2.05) is 11.3 Å². The lowest BCUT2D eigenvalue weighted by molar-refractivity contribution is 0.0789. The van der Waals surface area contributed by atoms with Crippen LogP contribution in [0, 0.1) is 0 Å². The number of hydrogen-bond acceptors (Lipinski definition) is 3. The zero-order chi connectivity index (χ0) is 12.4. The maximum absolute atomic E-state index is 6.08. The van der Waals surface area contributed by atoms with Crippen molar-refractivity contribution in [1.29, 1.82) is 0 Å². The highest BCUT2D eigenvalue weighted by molar-refractivity contribution is 7.10. The van der Waals surface area contributed by atoms with Crippen LogP contribution in [0.15, 0.2) is 34.9 Å². The SMILES string of the molecule is CC1=CCCNC(C2OCCCc3ccsc32)=C1. The summed E-state index contributed by atoms with van der Waals surface area (Å²) in [6.07, 6.45) is 8.01. The molecule has 1 N–H and O–H groups in total. The smallest absolute Gasteiger partial charge is 0.131 e. The van der Waals surface area contributed by atoms with Crippen molar-refractivity contribution in [2.24, 2.45) is 0 Å². The van der Waals surface area contributed by atoms with Crippen molar-refractivity contribution in [3.8, 4) is 0 Å². The first-order valence-corrected chi connectivity index (χ1v) is 7.52. The number of fused-ring (bicyclic) bond motifs is 1. The molecule has 0 fully saturated rings. The van der Waals surface area contributed by atoms with Gasteiger partial charge in [0.1, 0.15) is 6.10 Å². The summed E-state index contributed by atoms with van der Waals surface area (Å²) >= 11 is 1.82. The molecule has 0 saturated heterocycles. The van der Waals surface area contributed by atoms with Crippen LogP contribution in [0.1, 0.15) is 36.3 Å². The summed E-state index contributed by atoms with van der Waals surface area (Å²) in [6.45, 7) is 4.02. The average molecular weight is 261 g/mol. The number of ether oxygens (including phenoxy) is 1. The molecule has 96 valence electrons. The normalized spacial score (nSPS) is 24.2. The number of hydrogen-bond donors (Lipinski definition) is 1. The summed E-state index contributed by atoms with van der Waals surface area (Å²) in [6, 6.07) is 2.25. The van der Waals surface area contributed by atoms with E-state index in [4.69, 9.17) is 4.74 Å². The van der Waals surface area contributed by atoms with E-state index in [0.29, 0.717) is 0 Å². The molecular formula is C15H19NOS. The number of nitrogens with one attached hydrogen (secondary N) is 1. The Balaban J connectivity index is 1.94. The van der Waals surface area contributed by atoms with Crippen LogP contribution in [-0.4, -0.2) is 13.2 Å². The van der Waals surface area contributed by atoms with Gasteiger partial charge in [0.2, 0.25) is 0 Å². The molecule has 0 radical (unpaired) electrons. The molecule has 0 amide bonds. The summed E-state index contributed by atoms with van der Waals surface area (Å²) in [5, 5.41) is 5.72. The van der Waals surface area contributed by atoms with Gasteiger partial charge in [-0.05, 0) is 49.3 Å². The van der Waals surface area contributed by atoms with E-state index in [2.05, 4.69) is 35.8 Å². The van der Waals surface area contributed by atoms with Crippen molar-refractivity contribution in [1.82, 2.24) is 5.32 Å². The van der Waals surface area contributed by atoms with Gasteiger partial charge in [0, 0.05) is 23.7 Å². The molecule has 2 aliphatic rings. The number of thiophene rings is 1. The Labute approximate surface area is 112 Å². The molecule has 0 aromatic carbocycles. The Kier molecular flexibility index (Phi) is 3.52. The maximum atomic E-state index is 6.08. The molecule has 0 aliphatic carbocycles. The minimum Gasteiger partial charge on any atom is -0.386 e. The summed E-state index contributed by atoms with van der Waals surface area (Å²) in [5.41, 5.74) is 4.03. The van der Waals surface area contributed by atoms with Crippen LogP contribution in [0.5, 0.6) is 0 Å². The lowest BCUT2D eigenvalue weighted by Gasteiger charge is -2.20. The van der Waals surface area contributed by atoms with E-state index in [1.54, 1.807) is 0 Å². The van der Waals surface area contributed by atoms with Crippen LogP contribution in [0.4, 0.5) is 0 Å². The van der Waals surface area contributed by atoms with Crippen LogP contribution >= 0.6 is 11.3 Å². The molecule has 0 saturated carbocycles. The highest BCUT2D eigenvalue weighted by atomic mass is 32.1. The van der Waals surface area contributed by atoms with Crippen molar-refractivity contribution in [2.75, 3.05) is 13.2 Å². The second-order valence-corrected chi connectivity index (χ2v) is 5.88. The van der Waals surface area contributed by atoms with Gasteiger partial charge in [-0.3, -0.25) is 0 Å². The Morgan fingerprint density at radius 1 is 1.44 bits per heavy atom. The third-order valence-electron chi connectivity index (χ3n) is 3.50. The first-order valence-electron chi connectivity index (χ1n) is 6.64. The van der Waals surface area contributed by atoms with Gasteiger partial charge in [0.25, 0.3) is 0 Å². The fourth-order valence-electron chi connectivity index (χ4n) is 2.59. The Morgan fingerprint density at radius 2 is 2.39 bits per heavy atom. The van der Waals surface area contributed by atoms with Crippen molar-refractivity contribution in [3.05, 3.63) is 45.3 Å². The van der Waals surface area contributed by atoms with E-state index in [0.717, 1.165) is 32.4 Å². The monoisotopic (exact) mass is 261 g/mol. The van der Waals surface area contributed by atoms with Gasteiger partial charge < -0.3 is 10.1 Å². The summed E-state index contributed by atoms with van der Waals surface area (Å²) in [4.78, 5) is 1.39. The highest BCUT2D eigenvalue weighted by Gasteiger charge is 2.24. The molecule has 1 atom stereocenters. The lowest BCUT2D eigenvalue weighted by atomic mass is 10.1. The second-order valence-electron chi connectivity index (χ2n) is 4.93. The first-order chi connectivity index (χ1) is 8.84. The van der Waals surface area contributed by atoms with Gasteiger partial charge in [0.05, 0.1) is 0 Å². The molecule has 2 aliphatic heterocycles. The zero-order valence-electron chi connectivity index (χ0n) is 10.7. The standard InChI is InChI=1S/C15H19NOS/c1-11-4-2-7-16-13(10-11)14-15-12(6-9-18-15)5-3-8-17-14/h4,6,9-10,14,16H,2-3,5,7-8H2,1H3. The van der Waals surface area contributed by atoms with Gasteiger partial charge in [-0.2, -0.15) is 0 Å². The van der Waals surface area contributed by atoms with Gasteiger partial charge in [-0.25, -0.2) is 0 Å². The minimum atomic E-state index is 0.115. The van der Waals surface area contributed by atoms with Crippen LogP contribution < -0.4 is 5.32 Å². The third-order valence-corrected chi connectivity index (χ3v) is 4.50. The Morgan fingerprint density at radius 3 is 3.33 bits per heavy atom. The second kappa shape index (κ2) is 5.29. The molecule has 1 aromatic rings. The molecule has 2 nitrogen and oxygen atoms in total. The minimum absolute atomic E-state index is 0.115. The van der Waals surface area contributed by atoms with Crippen LogP contribution in [0.2, 0.25) is 0 Å². The quantitative estimate of drug-likeness (QED) is 0.834. The van der Waals surface area contributed by atoms with Crippen LogP contribution in [0.3, 0.4) is 0 Å². The molecule has 3 heterocycles. The molecule has 1 unspecified atom stereocenters. The fraction of sp³-hybridized carbons (Fsp3) is 0.467. The zero-order valence-corrected chi connectivity index (χ0v) is 11.6. The fourth-order valence-corrected chi connectivity index (χ4v) is 3.61. The van der Waals surface area contributed by atoms with Crippen molar-refractivity contribution >= 4 is 11.3 Å². The van der Waals surface area contributed by atoms with Gasteiger partial charge in [-0.15, -0.1) is 11.3 Å². The predicted octanol–water partition coefficient (Wildman–Crippen LogP) is 3.58. The summed E-state index contributed by atoms with van der Waals surface area (Å²) in [7, 11) is 0. The van der Waals surface area contributed by atoms with Crippen molar-refractivity contribution < 1.29 is 4.74 Å². The average Bonchev–Trinajstić information content (AvgIpc) is 2.58. The lowest BCUT2D eigenvalue weighted by Crippen LogP contribution is -2.21. The predicted molar refractivity (Wildman–Crippen MR) is 75.8 cm³/mol. The van der Waals surface area contributed by atoms with E-state index >= 15 is 0 Å². The number of aryl methyl sites for hydroxylation is 1. The van der Waals surface area contributed by atoms with E-state index < -0.39 is 0 Å².